The minimum Gasteiger partial charge on any atom is -0.122 e. The van der Waals surface area contributed by atoms with Gasteiger partial charge in [-0.05, 0) is 24.7 Å². The van der Waals surface area contributed by atoms with Gasteiger partial charge in [-0.1, -0.05) is 46.0 Å². The maximum atomic E-state index is 6.46. The van der Waals surface area contributed by atoms with E-state index in [2.05, 4.69) is 13.8 Å². The molecule has 0 aliphatic heterocycles. The van der Waals surface area contributed by atoms with Crippen molar-refractivity contribution in [2.75, 3.05) is 0 Å². The van der Waals surface area contributed by atoms with E-state index in [-0.39, 0.29) is 0 Å². The molecule has 1 rings (SSSR count). The van der Waals surface area contributed by atoms with Gasteiger partial charge in [0.25, 0.3) is 0 Å². The Kier molecular flexibility index (Phi) is 4.58. The summed E-state index contributed by atoms with van der Waals surface area (Å²) in [6, 6.07) is 0. The van der Waals surface area contributed by atoms with E-state index in [0.717, 1.165) is 0 Å². The Hall–Kier alpha value is 0.290. The molecule has 1 heteroatoms. The Labute approximate surface area is 88.1 Å². The fourth-order valence-electron chi connectivity index (χ4n) is 2.40. The fourth-order valence-corrected chi connectivity index (χ4v) is 2.77. The quantitative estimate of drug-likeness (QED) is 0.458. The third-order valence-electron chi connectivity index (χ3n) is 3.56. The first-order chi connectivity index (χ1) is 6.19. The summed E-state index contributed by atoms with van der Waals surface area (Å²) in [4.78, 5) is 0. The first kappa shape index (κ1) is 11.4. The Morgan fingerprint density at radius 1 is 1.31 bits per heavy atom. The zero-order valence-electron chi connectivity index (χ0n) is 9.11. The van der Waals surface area contributed by atoms with Crippen molar-refractivity contribution in [1.29, 1.82) is 0 Å². The molecule has 0 aromatic carbocycles. The standard InChI is InChI=1S/C12H23Cl/c1-3-4-9-12(2)10-7-5-6-8-11(12)13/h11H,3-10H2,1-2H3. The molecule has 0 N–H and O–H groups in total. The van der Waals surface area contributed by atoms with Crippen LogP contribution in [0.2, 0.25) is 0 Å². The highest BCUT2D eigenvalue weighted by Gasteiger charge is 2.32. The van der Waals surface area contributed by atoms with Gasteiger partial charge < -0.3 is 0 Å². The number of unbranched alkanes of at least 4 members (excludes halogenated alkanes) is 1. The van der Waals surface area contributed by atoms with Crippen LogP contribution in [-0.2, 0) is 0 Å². The molecule has 0 aromatic heterocycles. The van der Waals surface area contributed by atoms with Gasteiger partial charge in [0.05, 0.1) is 0 Å². The van der Waals surface area contributed by atoms with Crippen LogP contribution in [-0.4, -0.2) is 5.38 Å². The van der Waals surface area contributed by atoms with Gasteiger partial charge in [-0.25, -0.2) is 0 Å². The van der Waals surface area contributed by atoms with Gasteiger partial charge >= 0.3 is 0 Å². The van der Waals surface area contributed by atoms with Gasteiger partial charge in [0.2, 0.25) is 0 Å². The van der Waals surface area contributed by atoms with Crippen molar-refractivity contribution in [1.82, 2.24) is 0 Å². The number of halogens is 1. The average Bonchev–Trinajstić information content (AvgIpc) is 2.28. The van der Waals surface area contributed by atoms with Crippen LogP contribution in [0.25, 0.3) is 0 Å². The molecular weight excluding hydrogens is 180 g/mol. The lowest BCUT2D eigenvalue weighted by Gasteiger charge is -2.32. The second-order valence-corrected chi connectivity index (χ2v) is 5.35. The normalized spacial score (nSPS) is 35.8. The second kappa shape index (κ2) is 5.24. The monoisotopic (exact) mass is 202 g/mol. The third-order valence-corrected chi connectivity index (χ3v) is 4.31. The molecule has 1 aliphatic rings. The van der Waals surface area contributed by atoms with Crippen LogP contribution >= 0.6 is 11.6 Å². The van der Waals surface area contributed by atoms with E-state index in [0.29, 0.717) is 10.8 Å². The summed E-state index contributed by atoms with van der Waals surface area (Å²) in [6.07, 6.45) is 10.7. The van der Waals surface area contributed by atoms with Crippen LogP contribution in [0, 0.1) is 5.41 Å². The Balaban J connectivity index is 2.49. The van der Waals surface area contributed by atoms with Crippen molar-refractivity contribution < 1.29 is 0 Å². The molecule has 0 amide bonds. The zero-order valence-corrected chi connectivity index (χ0v) is 9.87. The van der Waals surface area contributed by atoms with E-state index in [9.17, 15) is 0 Å². The minimum absolute atomic E-state index is 0.432. The fraction of sp³-hybridized carbons (Fsp3) is 1.00. The predicted molar refractivity (Wildman–Crippen MR) is 60.4 cm³/mol. The summed E-state index contributed by atoms with van der Waals surface area (Å²) in [5, 5.41) is 0.432. The minimum atomic E-state index is 0.432. The first-order valence-electron chi connectivity index (χ1n) is 5.83. The second-order valence-electron chi connectivity index (χ2n) is 4.82. The van der Waals surface area contributed by atoms with E-state index in [1.165, 1.54) is 51.4 Å². The van der Waals surface area contributed by atoms with Crippen LogP contribution in [0.4, 0.5) is 0 Å². The lowest BCUT2D eigenvalue weighted by molar-refractivity contribution is 0.253. The topological polar surface area (TPSA) is 0 Å². The Bertz CT molecular complexity index is 144. The summed E-state index contributed by atoms with van der Waals surface area (Å²) in [5.74, 6) is 0. The van der Waals surface area contributed by atoms with Crippen molar-refractivity contribution in [3.63, 3.8) is 0 Å². The van der Waals surface area contributed by atoms with Crippen molar-refractivity contribution >= 4 is 11.6 Å². The van der Waals surface area contributed by atoms with Crippen molar-refractivity contribution in [3.05, 3.63) is 0 Å². The van der Waals surface area contributed by atoms with Crippen LogP contribution in [0.5, 0.6) is 0 Å². The molecule has 0 spiro atoms. The van der Waals surface area contributed by atoms with Crippen molar-refractivity contribution in [2.24, 2.45) is 5.41 Å². The van der Waals surface area contributed by atoms with E-state index in [1.807, 2.05) is 0 Å². The molecule has 1 fully saturated rings. The largest absolute Gasteiger partial charge is 0.122 e. The summed E-state index contributed by atoms with van der Waals surface area (Å²) in [6.45, 7) is 4.66. The lowest BCUT2D eigenvalue weighted by atomic mass is 9.78. The highest BCUT2D eigenvalue weighted by atomic mass is 35.5. The molecule has 1 saturated carbocycles. The van der Waals surface area contributed by atoms with Gasteiger partial charge in [0.1, 0.15) is 0 Å². The molecule has 0 aromatic rings. The molecule has 0 saturated heterocycles. The van der Waals surface area contributed by atoms with Crippen LogP contribution < -0.4 is 0 Å². The molecule has 0 bridgehead atoms. The Morgan fingerprint density at radius 2 is 2.08 bits per heavy atom. The highest BCUT2D eigenvalue weighted by molar-refractivity contribution is 6.21. The molecule has 1 aliphatic carbocycles. The molecule has 2 atom stereocenters. The van der Waals surface area contributed by atoms with E-state index in [4.69, 9.17) is 11.6 Å². The van der Waals surface area contributed by atoms with Crippen LogP contribution in [0.1, 0.15) is 65.2 Å². The summed E-state index contributed by atoms with van der Waals surface area (Å²) in [5.41, 5.74) is 0.439. The smallest absolute Gasteiger partial charge is 0.0389 e. The van der Waals surface area contributed by atoms with Gasteiger partial charge in [-0.2, -0.15) is 0 Å². The van der Waals surface area contributed by atoms with Gasteiger partial charge in [-0.15, -0.1) is 11.6 Å². The molecule has 2 unspecified atom stereocenters. The first-order valence-corrected chi connectivity index (χ1v) is 6.27. The summed E-state index contributed by atoms with van der Waals surface area (Å²) >= 11 is 6.46. The number of hydrogen-bond donors (Lipinski definition) is 0. The maximum absolute atomic E-state index is 6.46. The number of hydrogen-bond acceptors (Lipinski definition) is 0. The third kappa shape index (κ3) is 3.16. The molecule has 13 heavy (non-hydrogen) atoms. The van der Waals surface area contributed by atoms with Gasteiger partial charge in [0, 0.05) is 5.38 Å². The SMILES string of the molecule is CCCCC1(C)CCCCCC1Cl. The van der Waals surface area contributed by atoms with Crippen LogP contribution in [0.3, 0.4) is 0 Å². The van der Waals surface area contributed by atoms with Gasteiger partial charge in [-0.3, -0.25) is 0 Å². The van der Waals surface area contributed by atoms with Gasteiger partial charge in [0.15, 0.2) is 0 Å². The summed E-state index contributed by atoms with van der Waals surface area (Å²) in [7, 11) is 0. The van der Waals surface area contributed by atoms with E-state index >= 15 is 0 Å². The predicted octanol–water partition coefficient (Wildman–Crippen LogP) is 4.75. The zero-order chi connectivity index (χ0) is 9.73. The van der Waals surface area contributed by atoms with E-state index in [1.54, 1.807) is 0 Å². The maximum Gasteiger partial charge on any atom is 0.0389 e. The van der Waals surface area contributed by atoms with Crippen LogP contribution in [0.15, 0.2) is 0 Å². The summed E-state index contributed by atoms with van der Waals surface area (Å²) < 4.78 is 0. The number of alkyl halides is 1. The lowest BCUT2D eigenvalue weighted by Crippen LogP contribution is -2.26. The molecule has 78 valence electrons. The number of rotatable bonds is 3. The highest BCUT2D eigenvalue weighted by Crippen LogP contribution is 2.41. The Morgan fingerprint density at radius 3 is 2.77 bits per heavy atom. The van der Waals surface area contributed by atoms with Crippen molar-refractivity contribution in [3.8, 4) is 0 Å². The van der Waals surface area contributed by atoms with Crippen molar-refractivity contribution in [2.45, 2.75) is 70.6 Å². The average molecular weight is 203 g/mol. The molecule has 0 radical (unpaired) electrons. The molecular formula is C12H23Cl. The molecule has 0 heterocycles. The molecule has 0 nitrogen and oxygen atoms in total. The van der Waals surface area contributed by atoms with E-state index < -0.39 is 0 Å².